The second kappa shape index (κ2) is 8.98. The number of halogens is 1. The van der Waals surface area contributed by atoms with Crippen molar-refractivity contribution in [2.24, 2.45) is 0 Å². The lowest BCUT2D eigenvalue weighted by Gasteiger charge is -2.33. The number of hydrogen-bond acceptors (Lipinski definition) is 4. The van der Waals surface area contributed by atoms with Gasteiger partial charge in [-0.05, 0) is 48.7 Å². The molecular formula is C26H29FN4O2. The Balaban J connectivity index is 1.63. The van der Waals surface area contributed by atoms with E-state index in [0.29, 0.717) is 17.3 Å². The van der Waals surface area contributed by atoms with Crippen LogP contribution in [0.2, 0.25) is 0 Å². The first-order valence-corrected chi connectivity index (χ1v) is 11.7. The second-order valence-corrected chi connectivity index (χ2v) is 9.01. The molecule has 0 saturated heterocycles. The molecule has 172 valence electrons. The number of benzene rings is 1. The van der Waals surface area contributed by atoms with Crippen LogP contribution in [-0.2, 0) is 13.1 Å². The molecule has 4 aromatic rings. The highest BCUT2D eigenvalue weighted by Gasteiger charge is 2.23. The molecule has 0 radical (unpaired) electrons. The Hall–Kier alpha value is -3.19. The minimum Gasteiger partial charge on any atom is -0.425 e. The standard InChI is InChI=1S/C26H29FN4O2/c1-2-29(21-6-4-3-5-7-21)16-19-17-30(15-18-8-10-20(27)11-9-18)23-14-28-25-22(24(19)23)12-13-31(33)26(25)32/h8-14,17,21,33H,2-7,15-16H2,1H3. The first-order valence-electron chi connectivity index (χ1n) is 11.7. The van der Waals surface area contributed by atoms with Crippen molar-refractivity contribution in [3.05, 3.63) is 76.2 Å². The van der Waals surface area contributed by atoms with E-state index in [1.807, 2.05) is 0 Å². The van der Waals surface area contributed by atoms with Crippen molar-refractivity contribution in [1.29, 1.82) is 0 Å². The molecule has 5 rings (SSSR count). The normalized spacial score (nSPS) is 15.1. The van der Waals surface area contributed by atoms with Crippen molar-refractivity contribution >= 4 is 21.8 Å². The number of fused-ring (bicyclic) bond motifs is 3. The van der Waals surface area contributed by atoms with E-state index < -0.39 is 5.56 Å². The van der Waals surface area contributed by atoms with Gasteiger partial charge in [0.05, 0.1) is 11.7 Å². The molecule has 0 bridgehead atoms. The van der Waals surface area contributed by atoms with Crippen molar-refractivity contribution in [2.45, 2.75) is 58.2 Å². The highest BCUT2D eigenvalue weighted by atomic mass is 19.1. The quantitative estimate of drug-likeness (QED) is 0.425. The fourth-order valence-electron chi connectivity index (χ4n) is 5.25. The molecule has 6 nitrogen and oxygen atoms in total. The number of nitrogens with zero attached hydrogens (tertiary/aromatic N) is 4. The van der Waals surface area contributed by atoms with Gasteiger partial charge in [0.1, 0.15) is 11.3 Å². The van der Waals surface area contributed by atoms with Crippen LogP contribution < -0.4 is 5.56 Å². The summed E-state index contributed by atoms with van der Waals surface area (Å²) in [7, 11) is 0. The van der Waals surface area contributed by atoms with Gasteiger partial charge in [0.25, 0.3) is 0 Å². The van der Waals surface area contributed by atoms with Crippen molar-refractivity contribution in [2.75, 3.05) is 6.54 Å². The molecule has 1 saturated carbocycles. The molecule has 7 heteroatoms. The van der Waals surface area contributed by atoms with E-state index in [9.17, 15) is 14.4 Å². The van der Waals surface area contributed by atoms with Gasteiger partial charge >= 0.3 is 5.56 Å². The Kier molecular flexibility index (Phi) is 5.89. The third kappa shape index (κ3) is 4.13. The molecule has 3 aromatic heterocycles. The molecule has 0 amide bonds. The van der Waals surface area contributed by atoms with Crippen molar-refractivity contribution in [3.63, 3.8) is 0 Å². The Morgan fingerprint density at radius 2 is 1.91 bits per heavy atom. The van der Waals surface area contributed by atoms with Crippen LogP contribution in [0.25, 0.3) is 21.8 Å². The summed E-state index contributed by atoms with van der Waals surface area (Å²) in [6.07, 6.45) is 11.5. The Morgan fingerprint density at radius 3 is 2.64 bits per heavy atom. The lowest BCUT2D eigenvalue weighted by molar-refractivity contribution is 0.156. The third-order valence-electron chi connectivity index (χ3n) is 6.97. The van der Waals surface area contributed by atoms with Gasteiger partial charge in [-0.3, -0.25) is 9.69 Å². The van der Waals surface area contributed by atoms with E-state index in [-0.39, 0.29) is 11.3 Å². The minimum absolute atomic E-state index is 0.254. The molecule has 1 fully saturated rings. The molecule has 0 spiro atoms. The first-order chi connectivity index (χ1) is 16.0. The van der Waals surface area contributed by atoms with Gasteiger partial charge in [-0.1, -0.05) is 38.3 Å². The van der Waals surface area contributed by atoms with Gasteiger partial charge in [0, 0.05) is 42.3 Å². The summed E-state index contributed by atoms with van der Waals surface area (Å²) in [4.78, 5) is 19.5. The Bertz CT molecular complexity index is 1340. The first kappa shape index (κ1) is 21.6. The van der Waals surface area contributed by atoms with E-state index >= 15 is 0 Å². The maximum absolute atomic E-state index is 13.4. The number of rotatable bonds is 6. The van der Waals surface area contributed by atoms with Crippen LogP contribution >= 0.6 is 0 Å². The highest BCUT2D eigenvalue weighted by molar-refractivity contribution is 6.06. The predicted molar refractivity (Wildman–Crippen MR) is 127 cm³/mol. The summed E-state index contributed by atoms with van der Waals surface area (Å²) in [5.74, 6) is -0.254. The SMILES string of the molecule is CCN(Cc1cn(Cc2ccc(F)cc2)c2cnc3c(=O)n(O)ccc3c12)C1CCCCC1. The smallest absolute Gasteiger partial charge is 0.309 e. The van der Waals surface area contributed by atoms with Crippen LogP contribution in [0.4, 0.5) is 4.39 Å². The van der Waals surface area contributed by atoms with E-state index in [1.165, 1.54) is 50.4 Å². The molecule has 3 heterocycles. The van der Waals surface area contributed by atoms with Crippen molar-refractivity contribution < 1.29 is 9.60 Å². The topological polar surface area (TPSA) is 63.3 Å². The summed E-state index contributed by atoms with van der Waals surface area (Å²) in [6, 6.07) is 8.86. The molecular weight excluding hydrogens is 419 g/mol. The zero-order valence-corrected chi connectivity index (χ0v) is 18.9. The van der Waals surface area contributed by atoms with E-state index in [1.54, 1.807) is 24.4 Å². The fourth-order valence-corrected chi connectivity index (χ4v) is 5.25. The molecule has 1 aliphatic carbocycles. The monoisotopic (exact) mass is 448 g/mol. The fraction of sp³-hybridized carbons (Fsp3) is 0.385. The Labute approximate surface area is 191 Å². The van der Waals surface area contributed by atoms with Crippen LogP contribution in [0.5, 0.6) is 0 Å². The van der Waals surface area contributed by atoms with Crippen LogP contribution in [0, 0.1) is 5.82 Å². The van der Waals surface area contributed by atoms with E-state index in [0.717, 1.165) is 40.5 Å². The van der Waals surface area contributed by atoms with Crippen molar-refractivity contribution in [1.82, 2.24) is 19.2 Å². The zero-order chi connectivity index (χ0) is 22.9. The van der Waals surface area contributed by atoms with Gasteiger partial charge in [-0.25, -0.2) is 9.37 Å². The maximum atomic E-state index is 13.4. The van der Waals surface area contributed by atoms with Crippen molar-refractivity contribution in [3.8, 4) is 0 Å². The summed E-state index contributed by atoms with van der Waals surface area (Å²) in [5.41, 5.74) is 2.80. The summed E-state index contributed by atoms with van der Waals surface area (Å²) < 4.78 is 16.1. The number of aromatic nitrogens is 3. The van der Waals surface area contributed by atoms with Gasteiger partial charge < -0.3 is 9.77 Å². The molecule has 1 aromatic carbocycles. The van der Waals surface area contributed by atoms with Crippen LogP contribution in [-0.4, -0.2) is 37.0 Å². The van der Waals surface area contributed by atoms with Gasteiger partial charge in [-0.15, -0.1) is 0 Å². The predicted octanol–water partition coefficient (Wildman–Crippen LogP) is 4.93. The van der Waals surface area contributed by atoms with Crippen LogP contribution in [0.1, 0.15) is 50.2 Å². The lowest BCUT2D eigenvalue weighted by Crippen LogP contribution is -2.36. The van der Waals surface area contributed by atoms with E-state index in [4.69, 9.17) is 0 Å². The maximum Gasteiger partial charge on any atom is 0.309 e. The molecule has 33 heavy (non-hydrogen) atoms. The van der Waals surface area contributed by atoms with Gasteiger partial charge in [0.2, 0.25) is 0 Å². The van der Waals surface area contributed by atoms with Crippen LogP contribution in [0.3, 0.4) is 0 Å². The molecule has 0 aliphatic heterocycles. The largest absolute Gasteiger partial charge is 0.425 e. The van der Waals surface area contributed by atoms with E-state index in [2.05, 4.69) is 27.6 Å². The van der Waals surface area contributed by atoms with Gasteiger partial charge in [0.15, 0.2) is 0 Å². The number of hydrogen-bond donors (Lipinski definition) is 1. The zero-order valence-electron chi connectivity index (χ0n) is 18.9. The molecule has 0 unspecified atom stereocenters. The summed E-state index contributed by atoms with van der Waals surface area (Å²) >= 11 is 0. The van der Waals surface area contributed by atoms with Gasteiger partial charge in [-0.2, -0.15) is 4.73 Å². The minimum atomic E-state index is -0.522. The van der Waals surface area contributed by atoms with Crippen LogP contribution in [0.15, 0.2) is 53.7 Å². The third-order valence-corrected chi connectivity index (χ3v) is 6.97. The summed E-state index contributed by atoms with van der Waals surface area (Å²) in [5, 5.41) is 11.6. The lowest BCUT2D eigenvalue weighted by atomic mass is 9.94. The average Bonchev–Trinajstić information content (AvgIpc) is 3.19. The Morgan fingerprint density at radius 1 is 1.15 bits per heavy atom. The second-order valence-electron chi connectivity index (χ2n) is 9.01. The molecule has 1 aliphatic rings. The molecule has 1 N–H and O–H groups in total. The molecule has 0 atom stereocenters. The summed E-state index contributed by atoms with van der Waals surface area (Å²) in [6.45, 7) is 4.53. The average molecular weight is 449 g/mol. The highest BCUT2D eigenvalue weighted by Crippen LogP contribution is 2.31. The number of pyridine rings is 2.